The van der Waals surface area contributed by atoms with E-state index in [2.05, 4.69) is 46.6 Å². The zero-order valence-electron chi connectivity index (χ0n) is 14.0. The molecule has 0 bridgehead atoms. The molecule has 0 fully saturated rings. The molecule has 0 saturated carbocycles. The highest BCUT2D eigenvalue weighted by Gasteiger charge is 2.13. The summed E-state index contributed by atoms with van der Waals surface area (Å²) < 4.78 is 0. The summed E-state index contributed by atoms with van der Waals surface area (Å²) in [6, 6.07) is 2.26. The predicted molar refractivity (Wildman–Crippen MR) is 88.0 cm³/mol. The van der Waals surface area contributed by atoms with E-state index in [4.69, 9.17) is 0 Å². The molecule has 1 aromatic rings. The van der Waals surface area contributed by atoms with Crippen LogP contribution in [0.3, 0.4) is 0 Å². The largest absolute Gasteiger partial charge is 0.340 e. The van der Waals surface area contributed by atoms with Crippen LogP contribution in [0.15, 0.2) is 11.4 Å². The molecule has 0 aliphatic carbocycles. The molecule has 4 heteroatoms. The van der Waals surface area contributed by atoms with Gasteiger partial charge in [0.1, 0.15) is 6.54 Å². The standard InChI is InChI=1S/C16H31N3S/c1-15-8-13-20-16(15)14-19(11-6-9-17(2)3)12-7-10-18(4)5/h8,13H,6-7,9-12,14H2,1-5H3/p+3. The van der Waals surface area contributed by atoms with Crippen molar-refractivity contribution in [2.24, 2.45) is 0 Å². The minimum atomic E-state index is 1.22. The molecule has 0 aromatic carbocycles. The Morgan fingerprint density at radius 2 is 1.45 bits per heavy atom. The van der Waals surface area contributed by atoms with Crippen LogP contribution in [0, 0.1) is 6.92 Å². The summed E-state index contributed by atoms with van der Waals surface area (Å²) in [5.74, 6) is 0. The van der Waals surface area contributed by atoms with E-state index in [1.54, 1.807) is 19.6 Å². The van der Waals surface area contributed by atoms with E-state index in [-0.39, 0.29) is 0 Å². The Kier molecular flexibility index (Phi) is 8.38. The lowest BCUT2D eigenvalue weighted by Crippen LogP contribution is -3.13. The number of hydrogen-bond donors (Lipinski definition) is 3. The van der Waals surface area contributed by atoms with Gasteiger partial charge in [0.15, 0.2) is 0 Å². The van der Waals surface area contributed by atoms with Crippen LogP contribution < -0.4 is 14.7 Å². The van der Waals surface area contributed by atoms with Crippen LogP contribution in [0.4, 0.5) is 0 Å². The van der Waals surface area contributed by atoms with Crippen molar-refractivity contribution in [3.8, 4) is 0 Å². The molecule has 0 unspecified atom stereocenters. The van der Waals surface area contributed by atoms with E-state index < -0.39 is 0 Å². The Bertz CT molecular complexity index is 346. The normalized spacial score (nSPS) is 12.0. The highest BCUT2D eigenvalue weighted by molar-refractivity contribution is 7.10. The lowest BCUT2D eigenvalue weighted by molar-refractivity contribution is -0.925. The van der Waals surface area contributed by atoms with Crippen molar-refractivity contribution in [3.05, 3.63) is 21.9 Å². The SMILES string of the molecule is Cc1ccsc1C[NH+](CCC[NH+](C)C)CCC[NH+](C)C. The molecule has 1 rings (SSSR count). The van der Waals surface area contributed by atoms with Gasteiger partial charge in [0.25, 0.3) is 0 Å². The maximum absolute atomic E-state index is 2.26. The van der Waals surface area contributed by atoms with Crippen molar-refractivity contribution in [1.29, 1.82) is 0 Å². The first-order valence-electron chi connectivity index (χ1n) is 7.93. The van der Waals surface area contributed by atoms with Crippen molar-refractivity contribution < 1.29 is 14.7 Å². The summed E-state index contributed by atoms with van der Waals surface area (Å²) >= 11 is 1.93. The minimum Gasteiger partial charge on any atom is -0.340 e. The Hall–Kier alpha value is -0.420. The number of hydrogen-bond acceptors (Lipinski definition) is 1. The maximum Gasteiger partial charge on any atom is 0.112 e. The van der Waals surface area contributed by atoms with Gasteiger partial charge in [-0.15, -0.1) is 11.3 Å². The minimum absolute atomic E-state index is 1.22. The van der Waals surface area contributed by atoms with E-state index in [0.717, 1.165) is 0 Å². The number of nitrogens with one attached hydrogen (secondary N) is 3. The van der Waals surface area contributed by atoms with Crippen LogP contribution >= 0.6 is 11.3 Å². The van der Waals surface area contributed by atoms with Gasteiger partial charge in [-0.1, -0.05) is 0 Å². The summed E-state index contributed by atoms with van der Waals surface area (Å²) in [5, 5.41) is 2.23. The first-order chi connectivity index (χ1) is 9.49. The molecule has 1 heterocycles. The molecule has 0 aliphatic rings. The monoisotopic (exact) mass is 300 g/mol. The van der Waals surface area contributed by atoms with Gasteiger partial charge in [-0.25, -0.2) is 0 Å². The molecule has 0 atom stereocenters. The summed E-state index contributed by atoms with van der Waals surface area (Å²) in [4.78, 5) is 6.47. The maximum atomic E-state index is 2.26. The van der Waals surface area contributed by atoms with Crippen molar-refractivity contribution in [1.82, 2.24) is 0 Å². The van der Waals surface area contributed by atoms with Crippen LogP contribution in [-0.2, 0) is 6.54 Å². The summed E-state index contributed by atoms with van der Waals surface area (Å²) in [7, 11) is 8.99. The third-order valence-electron chi connectivity index (χ3n) is 3.79. The number of quaternary nitrogens is 3. The number of thiophene rings is 1. The first kappa shape index (κ1) is 17.6. The van der Waals surface area contributed by atoms with E-state index in [0.29, 0.717) is 0 Å². The van der Waals surface area contributed by atoms with Gasteiger partial charge in [-0.3, -0.25) is 0 Å². The molecule has 3 nitrogen and oxygen atoms in total. The fraction of sp³-hybridized carbons (Fsp3) is 0.750. The van der Waals surface area contributed by atoms with Gasteiger partial charge in [0.2, 0.25) is 0 Å². The molecular formula is C16H34N3S+3. The lowest BCUT2D eigenvalue weighted by atomic mass is 10.2. The van der Waals surface area contributed by atoms with Gasteiger partial charge >= 0.3 is 0 Å². The summed E-state index contributed by atoms with van der Waals surface area (Å²) in [5.41, 5.74) is 1.48. The lowest BCUT2D eigenvalue weighted by Gasteiger charge is -2.20. The summed E-state index contributed by atoms with van der Waals surface area (Å²) in [6.45, 7) is 8.65. The molecule has 0 saturated heterocycles. The van der Waals surface area contributed by atoms with Gasteiger partial charge in [-0.2, -0.15) is 0 Å². The quantitative estimate of drug-likeness (QED) is 0.466. The second kappa shape index (κ2) is 9.50. The first-order valence-corrected chi connectivity index (χ1v) is 8.81. The zero-order valence-corrected chi connectivity index (χ0v) is 14.8. The van der Waals surface area contributed by atoms with Crippen LogP contribution in [0.25, 0.3) is 0 Å². The smallest absolute Gasteiger partial charge is 0.112 e. The van der Waals surface area contributed by atoms with Crippen molar-refractivity contribution in [3.63, 3.8) is 0 Å². The van der Waals surface area contributed by atoms with Gasteiger partial charge < -0.3 is 14.7 Å². The van der Waals surface area contributed by atoms with Crippen molar-refractivity contribution in [2.75, 3.05) is 54.4 Å². The molecule has 20 heavy (non-hydrogen) atoms. The zero-order chi connectivity index (χ0) is 15.0. The predicted octanol–water partition coefficient (Wildman–Crippen LogP) is -1.49. The van der Waals surface area contributed by atoms with E-state index in [1.165, 1.54) is 51.1 Å². The summed E-state index contributed by atoms with van der Waals surface area (Å²) in [6.07, 6.45) is 2.66. The van der Waals surface area contributed by atoms with Crippen molar-refractivity contribution in [2.45, 2.75) is 26.3 Å². The number of rotatable bonds is 10. The molecular weight excluding hydrogens is 266 g/mol. The number of aryl methyl sites for hydroxylation is 1. The van der Waals surface area contributed by atoms with Crippen LogP contribution in [-0.4, -0.2) is 54.4 Å². The van der Waals surface area contributed by atoms with Crippen LogP contribution in [0.5, 0.6) is 0 Å². The fourth-order valence-electron chi connectivity index (χ4n) is 2.50. The molecule has 0 aliphatic heterocycles. The third-order valence-corrected chi connectivity index (χ3v) is 4.82. The molecule has 0 spiro atoms. The Balaban J connectivity index is 2.43. The van der Waals surface area contributed by atoms with E-state index in [1.807, 2.05) is 11.3 Å². The second-order valence-electron chi connectivity index (χ2n) is 6.57. The third kappa shape index (κ3) is 7.39. The average Bonchev–Trinajstić information content (AvgIpc) is 2.74. The fourth-order valence-corrected chi connectivity index (χ4v) is 3.48. The van der Waals surface area contributed by atoms with E-state index in [9.17, 15) is 0 Å². The van der Waals surface area contributed by atoms with Crippen molar-refractivity contribution >= 4 is 11.3 Å². The molecule has 0 radical (unpaired) electrons. The molecule has 116 valence electrons. The van der Waals surface area contributed by atoms with E-state index >= 15 is 0 Å². The molecule has 0 amide bonds. The van der Waals surface area contributed by atoms with Gasteiger partial charge in [0.05, 0.1) is 59.2 Å². The van der Waals surface area contributed by atoms with Crippen LogP contribution in [0.2, 0.25) is 0 Å². The highest BCUT2D eigenvalue weighted by Crippen LogP contribution is 2.13. The Labute approximate surface area is 129 Å². The topological polar surface area (TPSA) is 13.3 Å². The Morgan fingerprint density at radius 3 is 1.85 bits per heavy atom. The molecule has 3 N–H and O–H groups in total. The van der Waals surface area contributed by atoms with Gasteiger partial charge in [-0.05, 0) is 23.9 Å². The van der Waals surface area contributed by atoms with Gasteiger partial charge in [0, 0.05) is 12.8 Å². The Morgan fingerprint density at radius 1 is 0.900 bits per heavy atom. The average molecular weight is 301 g/mol. The van der Waals surface area contributed by atoms with Crippen LogP contribution in [0.1, 0.15) is 23.3 Å². The highest BCUT2D eigenvalue weighted by atomic mass is 32.1. The molecule has 1 aromatic heterocycles. The second-order valence-corrected chi connectivity index (χ2v) is 7.58.